The van der Waals surface area contributed by atoms with Gasteiger partial charge >= 0.3 is 0 Å². The van der Waals surface area contributed by atoms with E-state index in [2.05, 4.69) is 0 Å². The van der Waals surface area contributed by atoms with E-state index in [9.17, 15) is 9.59 Å². The highest BCUT2D eigenvalue weighted by Crippen LogP contribution is 2.46. The molecule has 1 aliphatic heterocycles. The Morgan fingerprint density at radius 3 is 2.38 bits per heavy atom. The molecule has 4 N–H and O–H groups in total. The molecule has 8 nitrogen and oxygen atoms in total. The summed E-state index contributed by atoms with van der Waals surface area (Å²) in [4.78, 5) is 32.9. The Morgan fingerprint density at radius 2 is 1.73 bits per heavy atom. The molecule has 0 unspecified atom stereocenters. The fourth-order valence-electron chi connectivity index (χ4n) is 4.86. The van der Waals surface area contributed by atoms with Crippen molar-refractivity contribution in [2.24, 2.45) is 11.7 Å². The predicted molar refractivity (Wildman–Crippen MR) is 146 cm³/mol. The Kier molecular flexibility index (Phi) is 6.71. The lowest BCUT2D eigenvalue weighted by Gasteiger charge is -2.30. The van der Waals surface area contributed by atoms with Gasteiger partial charge in [-0.25, -0.2) is 4.98 Å². The van der Waals surface area contributed by atoms with Crippen LogP contribution in [0, 0.1) is 5.92 Å². The lowest BCUT2D eigenvalue weighted by molar-refractivity contribution is -0.123. The Balaban J connectivity index is 1.67. The SMILES string of the molecule is COc1cccc(-c2cc(-c3ccccc3)nc3sc(C(=O)N4CCC(C(N)=O)CC4)c(N)c23)c1OC. The first-order valence-corrected chi connectivity index (χ1v) is 12.8. The number of pyridine rings is 1. The molecule has 2 amide bonds. The summed E-state index contributed by atoms with van der Waals surface area (Å²) in [5.74, 6) is 0.486. The van der Waals surface area contributed by atoms with Gasteiger partial charge in [-0.1, -0.05) is 42.5 Å². The molecule has 1 aliphatic rings. The van der Waals surface area contributed by atoms with Gasteiger partial charge in [0.05, 0.1) is 25.6 Å². The first kappa shape index (κ1) is 24.6. The van der Waals surface area contributed by atoms with Gasteiger partial charge in [-0.3, -0.25) is 9.59 Å². The van der Waals surface area contributed by atoms with Crippen molar-refractivity contribution in [3.63, 3.8) is 0 Å². The smallest absolute Gasteiger partial charge is 0.266 e. The van der Waals surface area contributed by atoms with Crippen molar-refractivity contribution in [3.8, 4) is 33.9 Å². The standard InChI is InChI=1S/C28H28N4O4S/c1-35-21-10-6-9-18(24(21)36-2)19-15-20(16-7-4-3-5-8-16)31-27-22(19)23(29)25(37-27)28(34)32-13-11-17(12-14-32)26(30)33/h3-10,15,17H,11-14,29H2,1-2H3,(H2,30,33). The summed E-state index contributed by atoms with van der Waals surface area (Å²) < 4.78 is 11.3. The summed E-state index contributed by atoms with van der Waals surface area (Å²) in [7, 11) is 3.19. The zero-order chi connectivity index (χ0) is 26.1. The van der Waals surface area contributed by atoms with Crippen LogP contribution in [0.4, 0.5) is 5.69 Å². The third-order valence-electron chi connectivity index (χ3n) is 6.84. The van der Waals surface area contributed by atoms with E-state index >= 15 is 0 Å². The highest BCUT2D eigenvalue weighted by Gasteiger charge is 2.30. The summed E-state index contributed by atoms with van der Waals surface area (Å²) in [5, 5.41) is 0.701. The van der Waals surface area contributed by atoms with Gasteiger partial charge in [0.15, 0.2) is 11.5 Å². The van der Waals surface area contributed by atoms with Crippen LogP contribution in [0.5, 0.6) is 11.5 Å². The zero-order valence-corrected chi connectivity index (χ0v) is 21.5. The van der Waals surface area contributed by atoms with Crippen molar-refractivity contribution in [3.05, 3.63) is 59.5 Å². The summed E-state index contributed by atoms with van der Waals surface area (Å²) >= 11 is 1.28. The molecule has 190 valence electrons. The number of benzene rings is 2. The number of aromatic nitrogens is 1. The lowest BCUT2D eigenvalue weighted by Crippen LogP contribution is -2.41. The fraction of sp³-hybridized carbons (Fsp3) is 0.250. The highest BCUT2D eigenvalue weighted by molar-refractivity contribution is 7.21. The van der Waals surface area contributed by atoms with E-state index in [0.717, 1.165) is 22.4 Å². The van der Waals surface area contributed by atoms with Gasteiger partial charge in [0.2, 0.25) is 5.91 Å². The van der Waals surface area contributed by atoms with E-state index in [4.69, 9.17) is 25.9 Å². The molecule has 1 fully saturated rings. The van der Waals surface area contributed by atoms with Crippen molar-refractivity contribution in [1.29, 1.82) is 0 Å². The van der Waals surface area contributed by atoms with Crippen molar-refractivity contribution in [2.45, 2.75) is 12.8 Å². The maximum absolute atomic E-state index is 13.6. The molecule has 9 heteroatoms. The van der Waals surface area contributed by atoms with Crippen LogP contribution in [0.2, 0.25) is 0 Å². The van der Waals surface area contributed by atoms with Crippen LogP contribution in [0.3, 0.4) is 0 Å². The number of nitrogens with two attached hydrogens (primary N) is 2. The number of anilines is 1. The molecule has 37 heavy (non-hydrogen) atoms. The van der Waals surface area contributed by atoms with Crippen LogP contribution < -0.4 is 20.9 Å². The first-order chi connectivity index (χ1) is 17.9. The minimum absolute atomic E-state index is 0.159. The van der Waals surface area contributed by atoms with Crippen molar-refractivity contribution in [1.82, 2.24) is 9.88 Å². The number of likely N-dealkylation sites (tertiary alicyclic amines) is 1. The Bertz CT molecular complexity index is 1480. The average Bonchev–Trinajstić information content (AvgIpc) is 3.28. The molecule has 0 atom stereocenters. The number of methoxy groups -OCH3 is 2. The topological polar surface area (TPSA) is 121 Å². The number of rotatable bonds is 6. The molecule has 2 aromatic carbocycles. The Morgan fingerprint density at radius 1 is 1.00 bits per heavy atom. The van der Waals surface area contributed by atoms with Crippen LogP contribution in [-0.4, -0.2) is 49.0 Å². The minimum atomic E-state index is -0.317. The number of piperidine rings is 1. The van der Waals surface area contributed by atoms with Crippen LogP contribution >= 0.6 is 11.3 Å². The molecule has 1 saturated heterocycles. The second-order valence-corrected chi connectivity index (χ2v) is 9.96. The second kappa shape index (κ2) is 10.1. The number of fused-ring (bicyclic) bond motifs is 1. The molecule has 5 rings (SSSR count). The number of hydrogen-bond acceptors (Lipinski definition) is 7. The van der Waals surface area contributed by atoms with Crippen LogP contribution in [0.25, 0.3) is 32.6 Å². The largest absolute Gasteiger partial charge is 0.493 e. The van der Waals surface area contributed by atoms with Crippen molar-refractivity contribution >= 4 is 39.1 Å². The van der Waals surface area contributed by atoms with Crippen molar-refractivity contribution < 1.29 is 19.1 Å². The van der Waals surface area contributed by atoms with E-state index in [-0.39, 0.29) is 17.7 Å². The van der Waals surface area contributed by atoms with Gasteiger partial charge in [-0.15, -0.1) is 11.3 Å². The molecule has 0 saturated carbocycles. The normalized spacial score (nSPS) is 14.1. The number of carbonyl (C=O) groups is 2. The zero-order valence-electron chi connectivity index (χ0n) is 20.7. The van der Waals surface area contributed by atoms with E-state index in [1.807, 2.05) is 54.6 Å². The number of thiophene rings is 1. The number of carbonyl (C=O) groups excluding carboxylic acids is 2. The van der Waals surface area contributed by atoms with Crippen LogP contribution in [-0.2, 0) is 4.79 Å². The maximum atomic E-state index is 13.6. The summed E-state index contributed by atoms with van der Waals surface area (Å²) in [6.07, 6.45) is 1.10. The van der Waals surface area contributed by atoms with Gasteiger partial charge in [-0.2, -0.15) is 0 Å². The molecule has 0 bridgehead atoms. The molecule has 3 heterocycles. The van der Waals surface area contributed by atoms with Crippen LogP contribution in [0.15, 0.2) is 54.6 Å². The van der Waals surface area contributed by atoms with E-state index in [1.165, 1.54) is 11.3 Å². The molecular formula is C28H28N4O4S. The fourth-order valence-corrected chi connectivity index (χ4v) is 5.95. The number of primary amides is 1. The predicted octanol–water partition coefficient (Wildman–Crippen LogP) is 4.57. The second-order valence-electron chi connectivity index (χ2n) is 8.96. The summed E-state index contributed by atoms with van der Waals surface area (Å²) in [6.45, 7) is 0.915. The Hall–Kier alpha value is -4.11. The average molecular weight is 517 g/mol. The third kappa shape index (κ3) is 4.46. The van der Waals surface area contributed by atoms with Gasteiger partial charge in [0.1, 0.15) is 9.71 Å². The molecular weight excluding hydrogens is 488 g/mol. The van der Waals surface area contributed by atoms with Crippen LogP contribution in [0.1, 0.15) is 22.5 Å². The highest BCUT2D eigenvalue weighted by atomic mass is 32.1. The number of amides is 2. The first-order valence-electron chi connectivity index (χ1n) is 12.0. The van der Waals surface area contributed by atoms with Gasteiger partial charge in [-0.05, 0) is 25.0 Å². The lowest BCUT2D eigenvalue weighted by atomic mass is 9.96. The van der Waals surface area contributed by atoms with Crippen molar-refractivity contribution in [2.75, 3.05) is 33.0 Å². The number of hydrogen-bond donors (Lipinski definition) is 2. The molecule has 0 aliphatic carbocycles. The summed E-state index contributed by atoms with van der Waals surface area (Å²) in [6, 6.07) is 17.5. The number of para-hydroxylation sites is 1. The quantitative estimate of drug-likeness (QED) is 0.387. The molecule has 2 aromatic heterocycles. The molecule has 4 aromatic rings. The Labute approximate surface area is 218 Å². The van der Waals surface area contributed by atoms with E-state index < -0.39 is 0 Å². The number of nitrogen functional groups attached to an aromatic ring is 1. The molecule has 0 radical (unpaired) electrons. The van der Waals surface area contributed by atoms with E-state index in [0.29, 0.717) is 58.2 Å². The number of ether oxygens (including phenoxy) is 2. The van der Waals surface area contributed by atoms with Gasteiger partial charge < -0.3 is 25.8 Å². The monoisotopic (exact) mass is 516 g/mol. The molecule has 0 spiro atoms. The van der Waals surface area contributed by atoms with E-state index in [1.54, 1.807) is 19.1 Å². The van der Waals surface area contributed by atoms with Gasteiger partial charge in [0.25, 0.3) is 5.91 Å². The van der Waals surface area contributed by atoms with Gasteiger partial charge in [0, 0.05) is 41.1 Å². The minimum Gasteiger partial charge on any atom is -0.493 e. The maximum Gasteiger partial charge on any atom is 0.266 e. The third-order valence-corrected chi connectivity index (χ3v) is 7.93. The number of nitrogens with zero attached hydrogens (tertiary/aromatic N) is 2. The summed E-state index contributed by atoms with van der Waals surface area (Å²) in [5.41, 5.74) is 15.8.